The predicted molar refractivity (Wildman–Crippen MR) is 134 cm³/mol. The second-order valence-corrected chi connectivity index (χ2v) is 9.91. The molecule has 0 unspecified atom stereocenters. The van der Waals surface area contributed by atoms with Crippen molar-refractivity contribution < 1.29 is 27.5 Å². The summed E-state index contributed by atoms with van der Waals surface area (Å²) < 4.78 is 35.9. The number of amides is 1. The van der Waals surface area contributed by atoms with Gasteiger partial charge in [-0.2, -0.15) is 0 Å². The summed E-state index contributed by atoms with van der Waals surface area (Å²) in [4.78, 5) is 23.7. The molecule has 1 N–H and O–H groups in total. The maximum absolute atomic E-state index is 12.6. The first-order valence-electron chi connectivity index (χ1n) is 10.6. The van der Waals surface area contributed by atoms with Crippen molar-refractivity contribution in [3.8, 4) is 5.75 Å². The summed E-state index contributed by atoms with van der Waals surface area (Å²) in [7, 11) is -2.30. The summed E-state index contributed by atoms with van der Waals surface area (Å²) in [6.07, 6.45) is 1.12. The van der Waals surface area contributed by atoms with E-state index in [9.17, 15) is 18.0 Å². The molecule has 0 aliphatic heterocycles. The molecule has 184 valence electrons. The Morgan fingerprint density at radius 1 is 0.971 bits per heavy atom. The van der Waals surface area contributed by atoms with Crippen LogP contribution in [-0.4, -0.2) is 40.3 Å². The molecule has 0 radical (unpaired) electrons. The highest BCUT2D eigenvalue weighted by atomic mass is 35.5. The molecule has 3 rings (SSSR count). The molecule has 0 bridgehead atoms. The van der Waals surface area contributed by atoms with Crippen molar-refractivity contribution >= 4 is 39.2 Å². The molecule has 35 heavy (non-hydrogen) atoms. The van der Waals surface area contributed by atoms with E-state index in [0.717, 1.165) is 11.8 Å². The van der Waals surface area contributed by atoms with Gasteiger partial charge < -0.3 is 14.8 Å². The van der Waals surface area contributed by atoms with E-state index in [0.29, 0.717) is 27.6 Å². The van der Waals surface area contributed by atoms with Crippen LogP contribution < -0.4 is 14.4 Å². The number of methoxy groups -OCH3 is 1. The second-order valence-electron chi connectivity index (χ2n) is 7.60. The summed E-state index contributed by atoms with van der Waals surface area (Å²) in [6, 6.07) is 20.3. The summed E-state index contributed by atoms with van der Waals surface area (Å²) in [5.74, 6) is -0.274. The minimum atomic E-state index is -3.59. The largest absolute Gasteiger partial charge is 0.482 e. The van der Waals surface area contributed by atoms with Crippen molar-refractivity contribution in [3.05, 3.63) is 94.5 Å². The summed E-state index contributed by atoms with van der Waals surface area (Å²) >= 11 is 6.20. The molecular weight excluding hydrogens is 492 g/mol. The summed E-state index contributed by atoms with van der Waals surface area (Å²) in [5.41, 5.74) is 2.32. The number of nitrogens with zero attached hydrogens (tertiary/aromatic N) is 1. The summed E-state index contributed by atoms with van der Waals surface area (Å²) in [6.45, 7) is 0.168. The van der Waals surface area contributed by atoms with E-state index in [-0.39, 0.29) is 25.6 Å². The van der Waals surface area contributed by atoms with Crippen LogP contribution in [0, 0.1) is 0 Å². The first-order chi connectivity index (χ1) is 16.7. The molecule has 8 nitrogen and oxygen atoms in total. The second kappa shape index (κ2) is 11.7. The number of ether oxygens (including phenoxy) is 2. The molecule has 3 aromatic carbocycles. The topological polar surface area (TPSA) is 102 Å². The van der Waals surface area contributed by atoms with Crippen molar-refractivity contribution in [1.29, 1.82) is 0 Å². The van der Waals surface area contributed by atoms with Crippen LogP contribution in [0.4, 0.5) is 5.69 Å². The molecule has 10 heteroatoms. The van der Waals surface area contributed by atoms with E-state index < -0.39 is 16.0 Å². The zero-order chi connectivity index (χ0) is 25.4. The average molecular weight is 517 g/mol. The highest BCUT2D eigenvalue weighted by molar-refractivity contribution is 7.92. The normalized spacial score (nSPS) is 10.9. The fourth-order valence-corrected chi connectivity index (χ4v) is 4.22. The van der Waals surface area contributed by atoms with Gasteiger partial charge >= 0.3 is 5.97 Å². The molecule has 0 saturated heterocycles. The van der Waals surface area contributed by atoms with Gasteiger partial charge in [-0.25, -0.2) is 13.2 Å². The zero-order valence-electron chi connectivity index (χ0n) is 19.2. The van der Waals surface area contributed by atoms with Crippen LogP contribution in [0.15, 0.2) is 72.8 Å². The molecule has 0 heterocycles. The van der Waals surface area contributed by atoms with Gasteiger partial charge in [0.15, 0.2) is 6.61 Å². The highest BCUT2D eigenvalue weighted by Crippen LogP contribution is 2.24. The standard InChI is InChI=1S/C25H25ClN2O6S/c1-33-24(29)17-34-22-13-7-18(8-14-22)15-27-25(30)19-9-11-21(12-10-19)28(35(2,31)32)16-20-5-3-4-6-23(20)26/h3-14H,15-17H2,1-2H3,(H,27,30). The first-order valence-corrected chi connectivity index (χ1v) is 12.8. The number of hydrogen-bond donors (Lipinski definition) is 1. The van der Waals surface area contributed by atoms with Gasteiger partial charge in [0.2, 0.25) is 10.0 Å². The SMILES string of the molecule is COC(=O)COc1ccc(CNC(=O)c2ccc(N(Cc3ccccc3Cl)S(C)(=O)=O)cc2)cc1. The van der Waals surface area contributed by atoms with Gasteiger partial charge in [-0.15, -0.1) is 0 Å². The molecule has 3 aromatic rings. The van der Waals surface area contributed by atoms with Gasteiger partial charge in [0.25, 0.3) is 5.91 Å². The average Bonchev–Trinajstić information content (AvgIpc) is 2.85. The van der Waals surface area contributed by atoms with Crippen molar-refractivity contribution in [3.63, 3.8) is 0 Å². The minimum Gasteiger partial charge on any atom is -0.482 e. The fraction of sp³-hybridized carbons (Fsp3) is 0.200. The zero-order valence-corrected chi connectivity index (χ0v) is 20.8. The van der Waals surface area contributed by atoms with Crippen LogP contribution >= 0.6 is 11.6 Å². The highest BCUT2D eigenvalue weighted by Gasteiger charge is 2.19. The molecule has 1 amide bonds. The number of sulfonamides is 1. The van der Waals surface area contributed by atoms with Crippen molar-refractivity contribution in [2.75, 3.05) is 24.3 Å². The molecule has 0 aliphatic rings. The lowest BCUT2D eigenvalue weighted by Crippen LogP contribution is -2.29. The summed E-state index contributed by atoms with van der Waals surface area (Å²) in [5, 5.41) is 3.29. The van der Waals surface area contributed by atoms with Gasteiger partial charge in [-0.05, 0) is 53.6 Å². The Balaban J connectivity index is 1.62. The molecular formula is C25H25ClN2O6S. The van der Waals surface area contributed by atoms with Crippen molar-refractivity contribution in [1.82, 2.24) is 5.32 Å². The Bertz CT molecular complexity index is 1280. The van der Waals surface area contributed by atoms with E-state index in [4.69, 9.17) is 16.3 Å². The number of benzene rings is 3. The van der Waals surface area contributed by atoms with E-state index >= 15 is 0 Å². The molecule has 0 atom stereocenters. The third-order valence-corrected chi connectivity index (χ3v) is 6.56. The minimum absolute atomic E-state index is 0.0728. The molecule has 0 spiro atoms. The van der Waals surface area contributed by atoms with Crippen LogP contribution in [0.25, 0.3) is 0 Å². The molecule has 0 saturated carbocycles. The Labute approximate surface area is 209 Å². The number of nitrogens with one attached hydrogen (secondary N) is 1. The van der Waals surface area contributed by atoms with E-state index in [1.807, 2.05) is 0 Å². The van der Waals surface area contributed by atoms with E-state index in [1.54, 1.807) is 72.8 Å². The van der Waals surface area contributed by atoms with Crippen LogP contribution in [0.5, 0.6) is 5.75 Å². The maximum Gasteiger partial charge on any atom is 0.343 e. The number of rotatable bonds is 10. The Hall–Kier alpha value is -3.56. The van der Waals surface area contributed by atoms with E-state index in [2.05, 4.69) is 10.1 Å². The van der Waals surface area contributed by atoms with Crippen molar-refractivity contribution in [2.24, 2.45) is 0 Å². The lowest BCUT2D eigenvalue weighted by Gasteiger charge is -2.23. The molecule has 0 fully saturated rings. The number of carbonyl (C=O) groups is 2. The van der Waals surface area contributed by atoms with Gasteiger partial charge in [-0.3, -0.25) is 9.10 Å². The Kier molecular flexibility index (Phi) is 8.73. The van der Waals surface area contributed by atoms with Crippen LogP contribution in [0.1, 0.15) is 21.5 Å². The van der Waals surface area contributed by atoms with Gasteiger partial charge in [0.05, 0.1) is 25.6 Å². The van der Waals surface area contributed by atoms with Gasteiger partial charge in [-0.1, -0.05) is 41.9 Å². The first kappa shape index (κ1) is 26.1. The maximum atomic E-state index is 12.6. The quantitative estimate of drug-likeness (QED) is 0.411. The Morgan fingerprint density at radius 3 is 2.23 bits per heavy atom. The van der Waals surface area contributed by atoms with Gasteiger partial charge in [0.1, 0.15) is 5.75 Å². The lowest BCUT2D eigenvalue weighted by molar-refractivity contribution is -0.142. The third-order valence-electron chi connectivity index (χ3n) is 5.05. The number of anilines is 1. The smallest absolute Gasteiger partial charge is 0.343 e. The van der Waals surface area contributed by atoms with Crippen LogP contribution in [0.2, 0.25) is 5.02 Å². The number of esters is 1. The van der Waals surface area contributed by atoms with Gasteiger partial charge in [0, 0.05) is 17.1 Å². The third kappa shape index (κ3) is 7.46. The van der Waals surface area contributed by atoms with Crippen LogP contribution in [0.3, 0.4) is 0 Å². The van der Waals surface area contributed by atoms with Crippen molar-refractivity contribution in [2.45, 2.75) is 13.1 Å². The lowest BCUT2D eigenvalue weighted by atomic mass is 10.1. The number of halogens is 1. The molecule has 0 aromatic heterocycles. The molecule has 0 aliphatic carbocycles. The number of carbonyl (C=O) groups excluding carboxylic acids is 2. The van der Waals surface area contributed by atoms with Crippen LogP contribution in [-0.2, 0) is 32.6 Å². The van der Waals surface area contributed by atoms with E-state index in [1.165, 1.54) is 11.4 Å². The number of hydrogen-bond acceptors (Lipinski definition) is 6. The fourth-order valence-electron chi connectivity index (χ4n) is 3.15. The Morgan fingerprint density at radius 2 is 1.63 bits per heavy atom. The monoisotopic (exact) mass is 516 g/mol. The predicted octanol–water partition coefficient (Wildman–Crippen LogP) is 3.79.